The first-order valence-corrected chi connectivity index (χ1v) is 6.25. The minimum atomic E-state index is -1.09. The predicted molar refractivity (Wildman–Crippen MR) is 61.8 cm³/mol. The molecule has 5 nitrogen and oxygen atoms in total. The van der Waals surface area contributed by atoms with E-state index >= 15 is 0 Å². The summed E-state index contributed by atoms with van der Waals surface area (Å²) in [5.41, 5.74) is 0. The number of carboxylic acids is 1. The van der Waals surface area contributed by atoms with Gasteiger partial charge < -0.3 is 14.8 Å². The van der Waals surface area contributed by atoms with Gasteiger partial charge in [-0.1, -0.05) is 0 Å². The van der Waals surface area contributed by atoms with E-state index in [4.69, 9.17) is 9.52 Å². The minimum absolute atomic E-state index is 0.0696. The van der Waals surface area contributed by atoms with E-state index < -0.39 is 5.97 Å². The van der Waals surface area contributed by atoms with Gasteiger partial charge in [0.1, 0.15) is 5.76 Å². The van der Waals surface area contributed by atoms with E-state index in [9.17, 15) is 9.59 Å². The number of carboxylic acid groups (broad SMARTS) is 1. The molecule has 2 saturated carbocycles. The monoisotopic (exact) mass is 249 g/mol. The van der Waals surface area contributed by atoms with Crippen molar-refractivity contribution in [2.45, 2.75) is 25.8 Å². The van der Waals surface area contributed by atoms with Gasteiger partial charge in [0.2, 0.25) is 11.7 Å². The van der Waals surface area contributed by atoms with Crippen LogP contribution in [0.25, 0.3) is 0 Å². The number of carbonyl (C=O) groups is 2. The second kappa shape index (κ2) is 4.15. The van der Waals surface area contributed by atoms with Crippen molar-refractivity contribution in [3.05, 3.63) is 23.7 Å². The molecule has 96 valence electrons. The summed E-state index contributed by atoms with van der Waals surface area (Å²) in [4.78, 5) is 22.4. The van der Waals surface area contributed by atoms with Gasteiger partial charge in [-0.2, -0.15) is 0 Å². The maximum Gasteiger partial charge on any atom is 0.371 e. The van der Waals surface area contributed by atoms with Gasteiger partial charge in [-0.25, -0.2) is 4.79 Å². The highest BCUT2D eigenvalue weighted by atomic mass is 16.4. The van der Waals surface area contributed by atoms with E-state index in [0.29, 0.717) is 11.7 Å². The number of aromatic carboxylic acids is 1. The van der Waals surface area contributed by atoms with Crippen LogP contribution in [-0.4, -0.2) is 17.0 Å². The quantitative estimate of drug-likeness (QED) is 0.831. The highest BCUT2D eigenvalue weighted by molar-refractivity contribution is 5.84. The normalized spacial score (nSPS) is 25.8. The summed E-state index contributed by atoms with van der Waals surface area (Å²) in [6, 6.07) is 2.98. The number of furan rings is 1. The standard InChI is InChI=1S/C13H15NO4/c15-12(10-5-9(10)7-1-2-7)14-6-8-3-4-11(18-8)13(16)17/h3-4,7,9-10H,1-2,5-6H2,(H,14,15)(H,16,17). The van der Waals surface area contributed by atoms with Crippen LogP contribution in [0.3, 0.4) is 0 Å². The van der Waals surface area contributed by atoms with E-state index in [-0.39, 0.29) is 24.1 Å². The average molecular weight is 249 g/mol. The smallest absolute Gasteiger partial charge is 0.371 e. The highest BCUT2D eigenvalue weighted by Crippen LogP contribution is 2.54. The van der Waals surface area contributed by atoms with Crippen LogP contribution >= 0.6 is 0 Å². The zero-order valence-corrected chi connectivity index (χ0v) is 9.89. The number of amides is 1. The van der Waals surface area contributed by atoms with Crippen LogP contribution in [0.2, 0.25) is 0 Å². The molecule has 1 aromatic rings. The Labute approximate surface area is 104 Å². The van der Waals surface area contributed by atoms with Crippen LogP contribution in [0.15, 0.2) is 16.5 Å². The first kappa shape index (κ1) is 11.3. The Morgan fingerprint density at radius 1 is 1.39 bits per heavy atom. The fraction of sp³-hybridized carbons (Fsp3) is 0.538. The number of hydrogen-bond donors (Lipinski definition) is 2. The Hall–Kier alpha value is -1.78. The van der Waals surface area contributed by atoms with Crippen molar-refractivity contribution >= 4 is 11.9 Å². The molecule has 2 unspecified atom stereocenters. The molecule has 2 aliphatic carbocycles. The molecule has 2 fully saturated rings. The molecular weight excluding hydrogens is 234 g/mol. The third-order valence-corrected chi connectivity index (χ3v) is 3.71. The van der Waals surface area contributed by atoms with Crippen molar-refractivity contribution in [1.82, 2.24) is 5.32 Å². The molecule has 3 rings (SSSR count). The second-order valence-corrected chi connectivity index (χ2v) is 5.13. The zero-order valence-electron chi connectivity index (χ0n) is 9.89. The molecule has 1 amide bonds. The number of carbonyl (C=O) groups excluding carboxylic acids is 1. The summed E-state index contributed by atoms with van der Waals surface area (Å²) in [7, 11) is 0. The minimum Gasteiger partial charge on any atom is -0.475 e. The van der Waals surface area contributed by atoms with Crippen molar-refractivity contribution < 1.29 is 19.1 Å². The average Bonchev–Trinajstić information content (AvgIpc) is 3.21. The van der Waals surface area contributed by atoms with Crippen molar-refractivity contribution in [3.8, 4) is 0 Å². The number of nitrogens with one attached hydrogen (secondary N) is 1. The summed E-state index contributed by atoms with van der Waals surface area (Å²) in [5.74, 6) is 0.903. The lowest BCUT2D eigenvalue weighted by atomic mass is 10.2. The fourth-order valence-electron chi connectivity index (χ4n) is 2.45. The second-order valence-electron chi connectivity index (χ2n) is 5.13. The van der Waals surface area contributed by atoms with E-state index in [1.165, 1.54) is 18.9 Å². The lowest BCUT2D eigenvalue weighted by Crippen LogP contribution is -2.25. The molecule has 5 heteroatoms. The van der Waals surface area contributed by atoms with Crippen molar-refractivity contribution in [1.29, 1.82) is 0 Å². The van der Waals surface area contributed by atoms with Gasteiger partial charge in [0, 0.05) is 5.92 Å². The Bertz CT molecular complexity index is 489. The van der Waals surface area contributed by atoms with Crippen LogP contribution in [0.5, 0.6) is 0 Å². The van der Waals surface area contributed by atoms with E-state index in [0.717, 1.165) is 12.3 Å². The summed E-state index contributed by atoms with van der Waals surface area (Å²) in [6.45, 7) is 0.264. The first-order chi connectivity index (χ1) is 8.65. The van der Waals surface area contributed by atoms with Crippen molar-refractivity contribution in [2.75, 3.05) is 0 Å². The third-order valence-electron chi connectivity index (χ3n) is 3.71. The molecule has 1 heterocycles. The summed E-state index contributed by atoms with van der Waals surface area (Å²) >= 11 is 0. The SMILES string of the molecule is O=C(O)c1ccc(CNC(=O)C2CC2C2CC2)o1. The largest absolute Gasteiger partial charge is 0.475 e. The number of rotatable bonds is 5. The number of hydrogen-bond acceptors (Lipinski definition) is 3. The van der Waals surface area contributed by atoms with Gasteiger partial charge in [-0.15, -0.1) is 0 Å². The molecule has 2 N–H and O–H groups in total. The lowest BCUT2D eigenvalue weighted by molar-refractivity contribution is -0.122. The molecule has 0 spiro atoms. The molecule has 0 radical (unpaired) electrons. The highest BCUT2D eigenvalue weighted by Gasteiger charge is 2.50. The Balaban J connectivity index is 1.48. The first-order valence-electron chi connectivity index (χ1n) is 6.25. The van der Waals surface area contributed by atoms with E-state index in [1.807, 2.05) is 0 Å². The molecule has 0 aromatic carbocycles. The maximum atomic E-state index is 11.8. The van der Waals surface area contributed by atoms with Gasteiger partial charge in [-0.3, -0.25) is 4.79 Å². The van der Waals surface area contributed by atoms with E-state index in [2.05, 4.69) is 5.32 Å². The van der Waals surface area contributed by atoms with Gasteiger partial charge in [0.15, 0.2) is 0 Å². The van der Waals surface area contributed by atoms with Gasteiger partial charge >= 0.3 is 5.97 Å². The van der Waals surface area contributed by atoms with Crippen molar-refractivity contribution in [2.24, 2.45) is 17.8 Å². The molecule has 0 aliphatic heterocycles. The molecular formula is C13H15NO4. The lowest BCUT2D eigenvalue weighted by Gasteiger charge is -2.02. The molecule has 2 aliphatic rings. The van der Waals surface area contributed by atoms with E-state index in [1.54, 1.807) is 6.07 Å². The summed E-state index contributed by atoms with van der Waals surface area (Å²) in [6.07, 6.45) is 3.55. The van der Waals surface area contributed by atoms with Gasteiger partial charge in [0.05, 0.1) is 6.54 Å². The van der Waals surface area contributed by atoms with Gasteiger partial charge in [0.25, 0.3) is 0 Å². The Morgan fingerprint density at radius 2 is 2.17 bits per heavy atom. The summed E-state index contributed by atoms with van der Waals surface area (Å²) in [5, 5.41) is 11.5. The molecule has 1 aromatic heterocycles. The van der Waals surface area contributed by atoms with Gasteiger partial charge in [-0.05, 0) is 43.2 Å². The molecule has 18 heavy (non-hydrogen) atoms. The van der Waals surface area contributed by atoms with Crippen LogP contribution in [0, 0.1) is 17.8 Å². The third kappa shape index (κ3) is 2.25. The van der Waals surface area contributed by atoms with Crippen LogP contribution in [-0.2, 0) is 11.3 Å². The van der Waals surface area contributed by atoms with Crippen LogP contribution < -0.4 is 5.32 Å². The molecule has 2 atom stereocenters. The Kier molecular flexibility index (Phi) is 2.61. The van der Waals surface area contributed by atoms with Crippen LogP contribution in [0.4, 0.5) is 0 Å². The predicted octanol–water partition coefficient (Wildman–Crippen LogP) is 1.64. The Morgan fingerprint density at radius 3 is 2.78 bits per heavy atom. The van der Waals surface area contributed by atoms with Crippen molar-refractivity contribution in [3.63, 3.8) is 0 Å². The fourth-order valence-corrected chi connectivity index (χ4v) is 2.45. The topological polar surface area (TPSA) is 79.5 Å². The molecule has 0 bridgehead atoms. The van der Waals surface area contributed by atoms with Crippen LogP contribution in [0.1, 0.15) is 35.6 Å². The molecule has 0 saturated heterocycles. The summed E-state index contributed by atoms with van der Waals surface area (Å²) < 4.78 is 5.07. The maximum absolute atomic E-state index is 11.8. The zero-order chi connectivity index (χ0) is 12.7.